The summed E-state index contributed by atoms with van der Waals surface area (Å²) < 4.78 is 2.62. The number of benzene rings is 2. The topological polar surface area (TPSA) is 4.93 Å². The minimum Gasteiger partial charge on any atom is -0.344 e. The van der Waals surface area contributed by atoms with E-state index in [2.05, 4.69) is 78.2 Å². The number of aromatic nitrogens is 1. The van der Waals surface area contributed by atoms with Gasteiger partial charge in [0.2, 0.25) is 0 Å². The van der Waals surface area contributed by atoms with Crippen molar-refractivity contribution in [2.24, 2.45) is 0 Å². The fourth-order valence-corrected chi connectivity index (χ4v) is 4.48. The average molecular weight is 344 g/mol. The van der Waals surface area contributed by atoms with E-state index in [1.54, 1.807) is 11.3 Å². The molecule has 1 aliphatic rings. The maximum atomic E-state index is 2.62. The number of nitrogens with zero attached hydrogens (tertiary/aromatic N) is 1. The Morgan fingerprint density at radius 2 is 1.58 bits per heavy atom. The molecule has 2 aromatic carbocycles. The van der Waals surface area contributed by atoms with Gasteiger partial charge in [-0.2, -0.15) is 0 Å². The third-order valence-corrected chi connectivity index (χ3v) is 5.81. The molecule has 0 saturated heterocycles. The minimum atomic E-state index is 0.734. The lowest BCUT2D eigenvalue weighted by atomic mass is 9.95. The van der Waals surface area contributed by atoms with Crippen LogP contribution in [0.25, 0.3) is 0 Å². The maximum absolute atomic E-state index is 2.62. The summed E-state index contributed by atoms with van der Waals surface area (Å²) in [6, 6.07) is 24.4. The van der Waals surface area contributed by atoms with Crippen molar-refractivity contribution in [3.63, 3.8) is 0 Å². The Bertz CT molecular complexity index is 829. The summed E-state index contributed by atoms with van der Waals surface area (Å²) in [6.45, 7) is 3.31. The van der Waals surface area contributed by atoms with Crippen molar-refractivity contribution in [2.75, 3.05) is 0 Å². The minimum absolute atomic E-state index is 0.734. The monoisotopic (exact) mass is 343 g/mol. The lowest BCUT2D eigenvalue weighted by Crippen LogP contribution is -2.07. The lowest BCUT2D eigenvalue weighted by molar-refractivity contribution is 0.609. The third kappa shape index (κ3) is 3.62. The second kappa shape index (κ2) is 7.95. The SMILES string of the molecule is CCCc1cc2c(n1Cc1ccccc1)CCC2CCc1ccccc1. The van der Waals surface area contributed by atoms with Crippen molar-refractivity contribution in [3.05, 3.63) is 94.8 Å². The van der Waals surface area contributed by atoms with Crippen LogP contribution >= 0.6 is 0 Å². The van der Waals surface area contributed by atoms with Gasteiger partial charge in [0.25, 0.3) is 0 Å². The average Bonchev–Trinajstić information content (AvgIpc) is 3.22. The zero-order valence-corrected chi connectivity index (χ0v) is 15.8. The van der Waals surface area contributed by atoms with Gasteiger partial charge >= 0.3 is 0 Å². The Labute approximate surface area is 157 Å². The van der Waals surface area contributed by atoms with Gasteiger partial charge in [-0.3, -0.25) is 0 Å². The molecule has 0 N–H and O–H groups in total. The van der Waals surface area contributed by atoms with E-state index in [9.17, 15) is 0 Å². The lowest BCUT2D eigenvalue weighted by Gasteiger charge is -2.12. The van der Waals surface area contributed by atoms with Crippen LogP contribution in [0.2, 0.25) is 0 Å². The molecule has 0 amide bonds. The first-order valence-electron chi connectivity index (χ1n) is 10.1. The highest BCUT2D eigenvalue weighted by Crippen LogP contribution is 2.39. The zero-order chi connectivity index (χ0) is 17.8. The fourth-order valence-electron chi connectivity index (χ4n) is 4.48. The highest BCUT2D eigenvalue weighted by Gasteiger charge is 2.27. The molecule has 1 heteroatoms. The summed E-state index contributed by atoms with van der Waals surface area (Å²) in [5.74, 6) is 0.734. The highest BCUT2D eigenvalue weighted by molar-refractivity contribution is 5.37. The Balaban J connectivity index is 1.55. The quantitative estimate of drug-likeness (QED) is 0.485. The van der Waals surface area contributed by atoms with Crippen LogP contribution in [0.5, 0.6) is 0 Å². The summed E-state index contributed by atoms with van der Waals surface area (Å²) in [4.78, 5) is 0. The summed E-state index contributed by atoms with van der Waals surface area (Å²) >= 11 is 0. The van der Waals surface area contributed by atoms with Crippen molar-refractivity contribution in [2.45, 2.75) is 57.9 Å². The number of hydrogen-bond donors (Lipinski definition) is 0. The van der Waals surface area contributed by atoms with Crippen LogP contribution in [0.3, 0.4) is 0 Å². The van der Waals surface area contributed by atoms with Crippen molar-refractivity contribution >= 4 is 0 Å². The van der Waals surface area contributed by atoms with E-state index in [0.717, 1.165) is 12.5 Å². The number of aryl methyl sites for hydroxylation is 2. The van der Waals surface area contributed by atoms with Crippen LogP contribution in [0.4, 0.5) is 0 Å². The molecule has 0 bridgehead atoms. The first-order chi connectivity index (χ1) is 12.8. The molecule has 0 fully saturated rings. The molecule has 1 aliphatic carbocycles. The molecule has 0 radical (unpaired) electrons. The van der Waals surface area contributed by atoms with Crippen LogP contribution in [-0.2, 0) is 25.8 Å². The molecule has 1 heterocycles. The summed E-state index contributed by atoms with van der Waals surface area (Å²) in [5.41, 5.74) is 7.66. The van der Waals surface area contributed by atoms with E-state index in [0.29, 0.717) is 0 Å². The van der Waals surface area contributed by atoms with Gasteiger partial charge in [0.15, 0.2) is 0 Å². The molecule has 1 aromatic heterocycles. The molecule has 1 nitrogen and oxygen atoms in total. The fraction of sp³-hybridized carbons (Fsp3) is 0.360. The van der Waals surface area contributed by atoms with E-state index in [1.165, 1.54) is 55.3 Å². The molecule has 1 atom stereocenters. The van der Waals surface area contributed by atoms with Crippen molar-refractivity contribution in [1.29, 1.82) is 0 Å². The number of fused-ring (bicyclic) bond motifs is 1. The van der Waals surface area contributed by atoms with Gasteiger partial charge in [-0.25, -0.2) is 0 Å². The van der Waals surface area contributed by atoms with E-state index < -0.39 is 0 Å². The molecule has 134 valence electrons. The van der Waals surface area contributed by atoms with Crippen LogP contribution in [0.15, 0.2) is 66.7 Å². The first kappa shape index (κ1) is 17.1. The Hall–Kier alpha value is -2.28. The molecule has 1 unspecified atom stereocenters. The molecule has 0 spiro atoms. The van der Waals surface area contributed by atoms with Crippen LogP contribution in [0, 0.1) is 0 Å². The number of rotatable bonds is 7. The second-order valence-electron chi connectivity index (χ2n) is 7.62. The summed E-state index contributed by atoms with van der Waals surface area (Å²) in [6.07, 6.45) is 7.43. The second-order valence-corrected chi connectivity index (χ2v) is 7.62. The standard InChI is InChI=1S/C25H29N/c1-2-9-23-18-24-22(15-14-20-10-5-3-6-11-20)16-17-25(24)26(23)19-21-12-7-4-8-13-21/h3-8,10-13,18,22H,2,9,14-17,19H2,1H3. The van der Waals surface area contributed by atoms with Crippen molar-refractivity contribution in [3.8, 4) is 0 Å². The van der Waals surface area contributed by atoms with E-state index in [1.807, 2.05) is 0 Å². The molecular formula is C25H29N. The van der Waals surface area contributed by atoms with E-state index in [-0.39, 0.29) is 0 Å². The van der Waals surface area contributed by atoms with Gasteiger partial charge in [-0.05, 0) is 60.8 Å². The third-order valence-electron chi connectivity index (χ3n) is 5.81. The zero-order valence-electron chi connectivity index (χ0n) is 15.8. The van der Waals surface area contributed by atoms with Gasteiger partial charge in [0.1, 0.15) is 0 Å². The predicted molar refractivity (Wildman–Crippen MR) is 110 cm³/mol. The van der Waals surface area contributed by atoms with Crippen LogP contribution < -0.4 is 0 Å². The predicted octanol–water partition coefficient (Wildman–Crippen LogP) is 6.15. The smallest absolute Gasteiger partial charge is 0.0475 e. The molecule has 0 aliphatic heterocycles. The largest absolute Gasteiger partial charge is 0.344 e. The van der Waals surface area contributed by atoms with Crippen LogP contribution in [0.1, 0.15) is 60.2 Å². The first-order valence-corrected chi connectivity index (χ1v) is 10.1. The normalized spacial score (nSPS) is 16.0. The maximum Gasteiger partial charge on any atom is 0.0475 e. The van der Waals surface area contributed by atoms with Gasteiger partial charge in [0, 0.05) is 17.9 Å². The molecule has 3 aromatic rings. The Kier molecular flexibility index (Phi) is 5.24. The van der Waals surface area contributed by atoms with E-state index >= 15 is 0 Å². The van der Waals surface area contributed by atoms with Gasteiger partial charge in [-0.15, -0.1) is 0 Å². The number of hydrogen-bond acceptors (Lipinski definition) is 0. The molecular weight excluding hydrogens is 314 g/mol. The van der Waals surface area contributed by atoms with Gasteiger partial charge in [0.05, 0.1) is 0 Å². The van der Waals surface area contributed by atoms with Crippen molar-refractivity contribution < 1.29 is 0 Å². The van der Waals surface area contributed by atoms with Gasteiger partial charge in [-0.1, -0.05) is 74.0 Å². The Morgan fingerprint density at radius 1 is 0.885 bits per heavy atom. The Morgan fingerprint density at radius 3 is 2.27 bits per heavy atom. The van der Waals surface area contributed by atoms with E-state index in [4.69, 9.17) is 0 Å². The highest BCUT2D eigenvalue weighted by atomic mass is 15.0. The molecule has 0 saturated carbocycles. The summed E-state index contributed by atoms with van der Waals surface area (Å²) in [7, 11) is 0. The summed E-state index contributed by atoms with van der Waals surface area (Å²) in [5, 5.41) is 0. The molecule has 4 rings (SSSR count). The van der Waals surface area contributed by atoms with Gasteiger partial charge < -0.3 is 4.57 Å². The van der Waals surface area contributed by atoms with Crippen LogP contribution in [-0.4, -0.2) is 4.57 Å². The molecule has 26 heavy (non-hydrogen) atoms. The van der Waals surface area contributed by atoms with Crippen molar-refractivity contribution in [1.82, 2.24) is 4.57 Å².